The Bertz CT molecular complexity index is 1900. The van der Waals surface area contributed by atoms with Gasteiger partial charge < -0.3 is 28.8 Å². The van der Waals surface area contributed by atoms with Crippen LogP contribution in [0.2, 0.25) is 0 Å². The molecule has 3 atom stereocenters. The van der Waals surface area contributed by atoms with Crippen LogP contribution in [0.1, 0.15) is 277 Å². The number of aliphatic hydroxyl groups excluding tert-OH is 1. The maximum Gasteiger partial charge on any atom is 0.268 e. The molecular formula is C76H131N2O6P. The van der Waals surface area contributed by atoms with Gasteiger partial charge in [0.15, 0.2) is 0 Å². The zero-order valence-corrected chi connectivity index (χ0v) is 56.4. The highest BCUT2D eigenvalue weighted by Crippen LogP contribution is 2.38. The fourth-order valence-electron chi connectivity index (χ4n) is 9.43. The Balaban J connectivity index is 4.19. The number of carbonyl (C=O) groups is 1. The van der Waals surface area contributed by atoms with Gasteiger partial charge in [-0.2, -0.15) is 0 Å². The van der Waals surface area contributed by atoms with E-state index in [0.717, 1.165) is 116 Å². The van der Waals surface area contributed by atoms with Crippen molar-refractivity contribution in [1.82, 2.24) is 5.32 Å². The molecule has 0 radical (unpaired) electrons. The minimum absolute atomic E-state index is 0.0149. The smallest absolute Gasteiger partial charge is 0.268 e. The highest BCUT2D eigenvalue weighted by molar-refractivity contribution is 7.45. The third-order valence-electron chi connectivity index (χ3n) is 14.8. The summed E-state index contributed by atoms with van der Waals surface area (Å²) in [5.74, 6) is -0.219. The molecule has 486 valence electrons. The quantitative estimate of drug-likeness (QED) is 0.0272. The van der Waals surface area contributed by atoms with Gasteiger partial charge in [0.05, 0.1) is 39.9 Å². The van der Waals surface area contributed by atoms with Gasteiger partial charge in [0, 0.05) is 6.42 Å². The van der Waals surface area contributed by atoms with E-state index in [-0.39, 0.29) is 12.5 Å². The molecule has 0 aliphatic heterocycles. The SMILES string of the molecule is CC/C=C\C/C=C\C/C=C\C/C=C\C/C=C\C/C=C\C/C=C\C/C=C\C/C=C\C/C=C\CCCCCCCCCCC(=O)NC(COP(=O)([O-])OCC[N+](C)(C)C)C(O)/C=C/CC/C=C/CCCCCCCCCCCCCCCCCCCC. The first kappa shape index (κ1) is 81.4. The number of nitrogens with one attached hydrogen (secondary N) is 1. The van der Waals surface area contributed by atoms with Crippen molar-refractivity contribution in [2.45, 2.75) is 289 Å². The first-order valence-electron chi connectivity index (χ1n) is 34.7. The first-order chi connectivity index (χ1) is 41.5. The number of likely N-dealkylation sites (N-methyl/N-ethyl adjacent to an activating group) is 1. The molecule has 85 heavy (non-hydrogen) atoms. The van der Waals surface area contributed by atoms with E-state index in [9.17, 15) is 19.4 Å². The molecule has 0 saturated heterocycles. The van der Waals surface area contributed by atoms with Gasteiger partial charge in [-0.05, 0) is 109 Å². The van der Waals surface area contributed by atoms with Crippen LogP contribution >= 0.6 is 7.82 Å². The van der Waals surface area contributed by atoms with Crippen LogP contribution in [0.15, 0.2) is 146 Å². The molecule has 0 aromatic rings. The van der Waals surface area contributed by atoms with Crippen LogP contribution in [-0.2, 0) is 18.4 Å². The summed E-state index contributed by atoms with van der Waals surface area (Å²) in [5.41, 5.74) is 0. The van der Waals surface area contributed by atoms with Crippen molar-refractivity contribution < 1.29 is 32.9 Å². The number of hydrogen-bond donors (Lipinski definition) is 2. The van der Waals surface area contributed by atoms with Gasteiger partial charge in [-0.3, -0.25) is 9.36 Å². The van der Waals surface area contributed by atoms with Gasteiger partial charge in [-0.25, -0.2) is 0 Å². The van der Waals surface area contributed by atoms with Gasteiger partial charge in [-0.1, -0.05) is 307 Å². The van der Waals surface area contributed by atoms with Crippen LogP contribution in [0, 0.1) is 0 Å². The Morgan fingerprint density at radius 2 is 0.729 bits per heavy atom. The second-order valence-electron chi connectivity index (χ2n) is 24.1. The second-order valence-corrected chi connectivity index (χ2v) is 25.6. The van der Waals surface area contributed by atoms with Gasteiger partial charge in [0.1, 0.15) is 13.2 Å². The summed E-state index contributed by atoms with van der Waals surface area (Å²) in [6, 6.07) is -0.920. The molecule has 0 spiro atoms. The van der Waals surface area contributed by atoms with Crippen LogP contribution < -0.4 is 10.2 Å². The lowest BCUT2D eigenvalue weighted by Crippen LogP contribution is -2.45. The molecule has 9 heteroatoms. The van der Waals surface area contributed by atoms with Crippen molar-refractivity contribution >= 4 is 13.7 Å². The van der Waals surface area contributed by atoms with Gasteiger partial charge in [0.2, 0.25) is 5.91 Å². The van der Waals surface area contributed by atoms with Crippen LogP contribution in [0.3, 0.4) is 0 Å². The predicted molar refractivity (Wildman–Crippen MR) is 371 cm³/mol. The molecule has 0 saturated carbocycles. The minimum atomic E-state index is -4.62. The standard InChI is InChI=1S/C76H131N2O6P/c1-6-8-10-12-14-16-18-20-22-24-26-28-30-32-33-34-35-36-37-38-39-40-41-42-43-44-45-46-48-50-52-54-56-58-60-62-64-66-68-70-76(80)77-74(73-84-85(81,82)83-72-71-78(3,4)5)75(79)69-67-65-63-61-59-57-55-53-51-49-47-31-29-27-25-23-21-19-17-15-13-11-9-7-2/h8,10,14,16,20,22,26,28,32-33,35-36,38-39,41-42,44-45,48,50,59,61,67,69,74-75,79H,6-7,9,11-13,15,17-19,21,23-25,27,29-31,34,37,40,43,46-47,49,51-58,60,62-66,68,70-73H2,1-5H3,(H-,77,80,81,82)/b10-8-,16-14-,22-20-,28-26-,33-32-,36-35-,39-38-,42-41-,45-44-,50-48-,61-59+,69-67+. The van der Waals surface area contributed by atoms with Crippen molar-refractivity contribution in [3.8, 4) is 0 Å². The number of rotatable bonds is 62. The monoisotopic (exact) mass is 1200 g/mol. The van der Waals surface area contributed by atoms with Crippen molar-refractivity contribution in [2.24, 2.45) is 0 Å². The Kier molecular flexibility index (Phi) is 62.1. The summed E-state index contributed by atoms with van der Waals surface area (Å²) in [6.45, 7) is 4.52. The maximum absolute atomic E-state index is 13.0. The minimum Gasteiger partial charge on any atom is -0.756 e. The molecular weight excluding hydrogens is 1070 g/mol. The van der Waals surface area contributed by atoms with E-state index in [4.69, 9.17) is 9.05 Å². The zero-order chi connectivity index (χ0) is 61.9. The number of carbonyl (C=O) groups excluding carboxylic acids is 1. The van der Waals surface area contributed by atoms with Crippen LogP contribution in [0.25, 0.3) is 0 Å². The Labute approximate surface area is 525 Å². The van der Waals surface area contributed by atoms with Gasteiger partial charge >= 0.3 is 0 Å². The number of hydrogen-bond acceptors (Lipinski definition) is 6. The molecule has 8 nitrogen and oxygen atoms in total. The second kappa shape index (κ2) is 64.8. The van der Waals surface area contributed by atoms with Crippen molar-refractivity contribution in [3.63, 3.8) is 0 Å². The molecule has 0 heterocycles. The normalized spacial score (nSPS) is 14.6. The number of phosphoric ester groups is 1. The van der Waals surface area contributed by atoms with Crippen molar-refractivity contribution in [2.75, 3.05) is 40.9 Å². The van der Waals surface area contributed by atoms with E-state index in [1.165, 1.54) is 141 Å². The Hall–Kier alpha value is -3.62. The Morgan fingerprint density at radius 3 is 1.09 bits per heavy atom. The number of aliphatic hydroxyl groups is 1. The average molecular weight is 1200 g/mol. The van der Waals surface area contributed by atoms with E-state index < -0.39 is 26.6 Å². The average Bonchev–Trinajstić information content (AvgIpc) is 3.49. The molecule has 0 aromatic carbocycles. The lowest BCUT2D eigenvalue weighted by molar-refractivity contribution is -0.870. The first-order valence-corrected chi connectivity index (χ1v) is 36.2. The van der Waals surface area contributed by atoms with Crippen LogP contribution in [0.4, 0.5) is 0 Å². The van der Waals surface area contributed by atoms with Crippen molar-refractivity contribution in [1.29, 1.82) is 0 Å². The zero-order valence-electron chi connectivity index (χ0n) is 55.5. The molecule has 0 rings (SSSR count). The molecule has 0 fully saturated rings. The molecule has 0 bridgehead atoms. The number of quaternary nitrogens is 1. The van der Waals surface area contributed by atoms with E-state index in [0.29, 0.717) is 17.4 Å². The molecule has 0 aliphatic rings. The van der Waals surface area contributed by atoms with Crippen molar-refractivity contribution in [3.05, 3.63) is 146 Å². The summed E-state index contributed by atoms with van der Waals surface area (Å²) >= 11 is 0. The van der Waals surface area contributed by atoms with Gasteiger partial charge in [-0.15, -0.1) is 0 Å². The highest BCUT2D eigenvalue weighted by Gasteiger charge is 2.23. The highest BCUT2D eigenvalue weighted by atomic mass is 31.2. The van der Waals surface area contributed by atoms with E-state index in [2.05, 4.69) is 153 Å². The molecule has 3 unspecified atom stereocenters. The summed E-state index contributed by atoms with van der Waals surface area (Å²) in [6.07, 6.45) is 99.6. The third-order valence-corrected chi connectivity index (χ3v) is 15.7. The molecule has 0 aliphatic carbocycles. The molecule has 0 aromatic heterocycles. The molecule has 2 N–H and O–H groups in total. The third kappa shape index (κ3) is 67.7. The fourth-order valence-corrected chi connectivity index (χ4v) is 10.2. The predicted octanol–water partition coefficient (Wildman–Crippen LogP) is 21.7. The fraction of sp³-hybridized carbons (Fsp3) is 0.671. The maximum atomic E-state index is 13.0. The number of unbranched alkanes of at least 4 members (excludes halogenated alkanes) is 27. The molecule has 1 amide bonds. The summed E-state index contributed by atoms with van der Waals surface area (Å²) in [7, 11) is 1.22. The summed E-state index contributed by atoms with van der Waals surface area (Å²) in [4.78, 5) is 25.6. The Morgan fingerprint density at radius 1 is 0.424 bits per heavy atom. The van der Waals surface area contributed by atoms with E-state index >= 15 is 0 Å². The van der Waals surface area contributed by atoms with Crippen LogP contribution in [-0.4, -0.2) is 68.5 Å². The summed E-state index contributed by atoms with van der Waals surface area (Å²) in [5, 5.41) is 13.9. The topological polar surface area (TPSA) is 108 Å². The van der Waals surface area contributed by atoms with Gasteiger partial charge in [0.25, 0.3) is 7.82 Å². The largest absolute Gasteiger partial charge is 0.756 e. The lowest BCUT2D eigenvalue weighted by atomic mass is 10.0. The number of amides is 1. The van der Waals surface area contributed by atoms with Crippen LogP contribution in [0.5, 0.6) is 0 Å². The summed E-state index contributed by atoms with van der Waals surface area (Å²) < 4.78 is 23.4. The van der Waals surface area contributed by atoms with E-state index in [1.54, 1.807) is 6.08 Å². The number of nitrogens with zero attached hydrogens (tertiary/aromatic N) is 1. The number of allylic oxidation sites excluding steroid dienone is 23. The lowest BCUT2D eigenvalue weighted by Gasteiger charge is -2.29. The number of phosphoric acid groups is 1. The van der Waals surface area contributed by atoms with E-state index in [1.807, 2.05) is 27.2 Å².